The Bertz CT molecular complexity index is 1660. The SMILES string of the molecule is COC[C@@H](NC(=O)c1ccc(-c2ccc(OC)nc2C(=O)Nc2ccc(C(=N)N)cc2)c(C(=O)O)c1)C(C)(C)C.CS(=O)(=O)O. The van der Waals surface area contributed by atoms with Crippen molar-refractivity contribution in [3.8, 4) is 17.0 Å². The van der Waals surface area contributed by atoms with Crippen molar-refractivity contribution in [3.63, 3.8) is 0 Å². The number of pyridine rings is 1. The third kappa shape index (κ3) is 11.0. The standard InChI is InChI=1S/C29H33N5O6.CH4O3S/c1-29(2,3)22(15-39-4)33-26(35)17-8-11-19(21(14-17)28(37)38)20-12-13-23(40-5)34-24(20)27(36)32-18-9-6-16(7-10-18)25(30)31;1-5(2,3)4/h6-14,22H,15H2,1-5H3,(H3,30,31)(H,32,36)(H,33,35)(H,37,38);1H3,(H,2,3,4)/t22-;/m1./s1. The number of aromatic carboxylic acids is 1. The number of anilines is 1. The van der Waals surface area contributed by atoms with E-state index >= 15 is 0 Å². The first kappa shape index (κ1) is 36.3. The predicted molar refractivity (Wildman–Crippen MR) is 169 cm³/mol. The molecule has 0 aliphatic heterocycles. The lowest BCUT2D eigenvalue weighted by molar-refractivity contribution is 0.0697. The minimum Gasteiger partial charge on any atom is -0.481 e. The molecule has 2 amide bonds. The first-order valence-corrected chi connectivity index (χ1v) is 15.1. The molecule has 1 heterocycles. The molecule has 2 aromatic carbocycles. The Morgan fingerprint density at radius 2 is 1.53 bits per heavy atom. The molecule has 0 fully saturated rings. The van der Waals surface area contributed by atoms with Crippen molar-refractivity contribution >= 4 is 39.4 Å². The number of nitrogen functional groups attached to an aromatic ring is 1. The highest BCUT2D eigenvalue weighted by molar-refractivity contribution is 7.85. The molecular formula is C30H37N5O9S. The van der Waals surface area contributed by atoms with E-state index in [1.807, 2.05) is 20.8 Å². The molecule has 0 saturated heterocycles. The Labute approximate surface area is 261 Å². The van der Waals surface area contributed by atoms with Crippen LogP contribution in [0, 0.1) is 10.8 Å². The summed E-state index contributed by atoms with van der Waals surface area (Å²) in [5.74, 6) is -2.31. The zero-order valence-corrected chi connectivity index (χ0v) is 26.5. The molecule has 45 heavy (non-hydrogen) atoms. The van der Waals surface area contributed by atoms with Gasteiger partial charge in [0, 0.05) is 35.6 Å². The minimum atomic E-state index is -3.67. The number of carboxylic acids is 1. The van der Waals surface area contributed by atoms with E-state index in [9.17, 15) is 27.9 Å². The summed E-state index contributed by atoms with van der Waals surface area (Å²) < 4.78 is 36.3. The number of methoxy groups -OCH3 is 2. The zero-order chi connectivity index (χ0) is 34.1. The van der Waals surface area contributed by atoms with Gasteiger partial charge >= 0.3 is 5.97 Å². The van der Waals surface area contributed by atoms with Crippen molar-refractivity contribution in [1.82, 2.24) is 10.3 Å². The maximum atomic E-state index is 13.3. The third-order valence-corrected chi connectivity index (χ3v) is 6.23. The third-order valence-electron chi connectivity index (χ3n) is 6.23. The van der Waals surface area contributed by atoms with Gasteiger partial charge in [-0.1, -0.05) is 26.8 Å². The summed E-state index contributed by atoms with van der Waals surface area (Å²) in [4.78, 5) is 43.0. The Morgan fingerprint density at radius 3 is 2.02 bits per heavy atom. The molecule has 0 saturated carbocycles. The first-order valence-electron chi connectivity index (χ1n) is 13.3. The number of carbonyl (C=O) groups is 3. The van der Waals surface area contributed by atoms with Gasteiger partial charge in [0.2, 0.25) is 5.88 Å². The van der Waals surface area contributed by atoms with Gasteiger partial charge in [0.1, 0.15) is 11.5 Å². The summed E-state index contributed by atoms with van der Waals surface area (Å²) in [6.07, 6.45) is 0.715. The van der Waals surface area contributed by atoms with Gasteiger partial charge in [-0.25, -0.2) is 9.78 Å². The number of hydrogen-bond donors (Lipinski definition) is 6. The van der Waals surface area contributed by atoms with E-state index in [4.69, 9.17) is 25.2 Å². The largest absolute Gasteiger partial charge is 0.481 e. The Balaban J connectivity index is 0.00000130. The van der Waals surface area contributed by atoms with Crippen LogP contribution in [-0.2, 0) is 14.9 Å². The number of aromatic nitrogens is 1. The summed E-state index contributed by atoms with van der Waals surface area (Å²) in [7, 11) is -0.727. The molecule has 0 radical (unpaired) electrons. The second-order valence-electron chi connectivity index (χ2n) is 10.8. The van der Waals surface area contributed by atoms with Gasteiger partial charge in [-0.2, -0.15) is 8.42 Å². The van der Waals surface area contributed by atoms with Crippen molar-refractivity contribution in [2.24, 2.45) is 11.1 Å². The van der Waals surface area contributed by atoms with E-state index in [1.54, 1.807) is 31.4 Å². The fourth-order valence-corrected chi connectivity index (χ4v) is 3.88. The van der Waals surface area contributed by atoms with Crippen LogP contribution < -0.4 is 21.1 Å². The number of rotatable bonds is 10. The van der Waals surface area contributed by atoms with Crippen LogP contribution in [0.4, 0.5) is 5.69 Å². The number of amides is 2. The van der Waals surface area contributed by atoms with Crippen molar-refractivity contribution in [1.29, 1.82) is 5.41 Å². The molecule has 0 spiro atoms. The molecule has 14 nitrogen and oxygen atoms in total. The molecule has 3 aromatic rings. The maximum absolute atomic E-state index is 13.3. The summed E-state index contributed by atoms with van der Waals surface area (Å²) in [5.41, 5.74) is 6.40. The van der Waals surface area contributed by atoms with Crippen LogP contribution >= 0.6 is 0 Å². The Kier molecular flexibility index (Phi) is 12.3. The van der Waals surface area contributed by atoms with E-state index in [0.29, 0.717) is 17.5 Å². The molecule has 242 valence electrons. The van der Waals surface area contributed by atoms with E-state index in [1.165, 1.54) is 37.4 Å². The van der Waals surface area contributed by atoms with Crippen LogP contribution in [0.5, 0.6) is 5.88 Å². The summed E-state index contributed by atoms with van der Waals surface area (Å²) in [6.45, 7) is 6.17. The van der Waals surface area contributed by atoms with Crippen LogP contribution in [0.25, 0.3) is 11.1 Å². The maximum Gasteiger partial charge on any atom is 0.336 e. The van der Waals surface area contributed by atoms with Gasteiger partial charge in [-0.05, 0) is 53.4 Å². The number of ether oxygens (including phenoxy) is 2. The number of carboxylic acid groups (broad SMARTS) is 1. The van der Waals surface area contributed by atoms with Crippen molar-refractivity contribution in [3.05, 3.63) is 77.0 Å². The fraction of sp³-hybridized carbons (Fsp3) is 0.300. The van der Waals surface area contributed by atoms with Crippen molar-refractivity contribution in [2.45, 2.75) is 26.8 Å². The average Bonchev–Trinajstić information content (AvgIpc) is 2.95. The van der Waals surface area contributed by atoms with Crippen LogP contribution in [0.15, 0.2) is 54.6 Å². The highest BCUT2D eigenvalue weighted by Gasteiger charge is 2.28. The monoisotopic (exact) mass is 643 g/mol. The van der Waals surface area contributed by atoms with E-state index in [0.717, 1.165) is 0 Å². The van der Waals surface area contributed by atoms with Crippen LogP contribution in [0.1, 0.15) is 57.5 Å². The van der Waals surface area contributed by atoms with Gasteiger partial charge < -0.3 is 30.9 Å². The second-order valence-corrected chi connectivity index (χ2v) is 12.3. The topological polar surface area (TPSA) is 231 Å². The summed E-state index contributed by atoms with van der Waals surface area (Å²) >= 11 is 0. The molecule has 1 atom stereocenters. The number of benzene rings is 2. The lowest BCUT2D eigenvalue weighted by atomic mass is 9.87. The highest BCUT2D eigenvalue weighted by atomic mass is 32.2. The minimum absolute atomic E-state index is 0.0809. The van der Waals surface area contributed by atoms with Crippen molar-refractivity contribution in [2.75, 3.05) is 32.4 Å². The Hall–Kier alpha value is -4.86. The van der Waals surface area contributed by atoms with Crippen LogP contribution in [0.2, 0.25) is 0 Å². The van der Waals surface area contributed by atoms with Crippen LogP contribution in [-0.4, -0.2) is 79.8 Å². The number of amidine groups is 1. The smallest absolute Gasteiger partial charge is 0.336 e. The molecule has 7 N–H and O–H groups in total. The van der Waals surface area contributed by atoms with Gasteiger partial charge in [0.25, 0.3) is 21.9 Å². The zero-order valence-electron chi connectivity index (χ0n) is 25.7. The lowest BCUT2D eigenvalue weighted by Crippen LogP contribution is -2.46. The number of hydrogen-bond acceptors (Lipinski definition) is 9. The molecular weight excluding hydrogens is 606 g/mol. The molecule has 0 bridgehead atoms. The quantitative estimate of drug-likeness (QED) is 0.107. The highest BCUT2D eigenvalue weighted by Crippen LogP contribution is 2.30. The number of nitrogens with two attached hydrogens (primary N) is 1. The van der Waals surface area contributed by atoms with Gasteiger partial charge in [-0.15, -0.1) is 0 Å². The normalized spacial score (nSPS) is 11.8. The summed E-state index contributed by atoms with van der Waals surface area (Å²) in [6, 6.07) is 13.3. The van der Waals surface area contributed by atoms with Gasteiger partial charge in [-0.3, -0.25) is 19.6 Å². The predicted octanol–water partition coefficient (Wildman–Crippen LogP) is 3.29. The molecule has 0 aliphatic rings. The molecule has 3 rings (SSSR count). The number of nitrogens with zero attached hydrogens (tertiary/aromatic N) is 1. The van der Waals surface area contributed by atoms with Gasteiger partial charge in [0.05, 0.1) is 31.6 Å². The molecule has 0 unspecified atom stereocenters. The lowest BCUT2D eigenvalue weighted by Gasteiger charge is -2.31. The number of nitrogens with one attached hydrogen (secondary N) is 3. The van der Waals surface area contributed by atoms with Crippen molar-refractivity contribution < 1.29 is 41.9 Å². The summed E-state index contributed by atoms with van der Waals surface area (Å²) in [5, 5.41) is 23.2. The number of carbonyl (C=O) groups excluding carboxylic acids is 2. The van der Waals surface area contributed by atoms with E-state index < -0.39 is 27.9 Å². The van der Waals surface area contributed by atoms with E-state index in [2.05, 4.69) is 15.6 Å². The molecule has 0 aliphatic carbocycles. The molecule has 1 aromatic heterocycles. The van der Waals surface area contributed by atoms with Gasteiger partial charge in [0.15, 0.2) is 0 Å². The molecule has 15 heteroatoms. The van der Waals surface area contributed by atoms with Crippen LogP contribution in [0.3, 0.4) is 0 Å². The Morgan fingerprint density at radius 1 is 0.978 bits per heavy atom. The average molecular weight is 644 g/mol. The first-order chi connectivity index (χ1) is 20.8. The van der Waals surface area contributed by atoms with E-state index in [-0.39, 0.29) is 57.7 Å². The fourth-order valence-electron chi connectivity index (χ4n) is 3.88. The second kappa shape index (κ2) is 15.2.